The quantitative estimate of drug-likeness (QED) is 0.575. The van der Waals surface area contributed by atoms with Gasteiger partial charge in [-0.1, -0.05) is 0 Å². The van der Waals surface area contributed by atoms with Crippen molar-refractivity contribution in [2.24, 2.45) is 0 Å². The van der Waals surface area contributed by atoms with Crippen LogP contribution in [0.5, 0.6) is 0 Å². The molecule has 0 aromatic rings. The van der Waals surface area contributed by atoms with Crippen LogP contribution >= 0.6 is 0 Å². The van der Waals surface area contributed by atoms with Crippen LogP contribution in [0.4, 0.5) is 0 Å². The van der Waals surface area contributed by atoms with Gasteiger partial charge in [-0.25, -0.2) is 0 Å². The smallest absolute Gasteiger partial charge is 0.0235 e. The average Bonchev–Trinajstić information content (AvgIpc) is 1.88. The molecule has 9 heavy (non-hydrogen) atoms. The van der Waals surface area contributed by atoms with Gasteiger partial charge in [0.1, 0.15) is 0 Å². The minimum Gasteiger partial charge on any atom is -0.318 e. The van der Waals surface area contributed by atoms with Crippen LogP contribution in [0, 0.1) is 0 Å². The normalized spacial score (nSPS) is 36.3. The van der Waals surface area contributed by atoms with E-state index in [1.54, 1.807) is 0 Å². The molecule has 1 fully saturated rings. The molecule has 0 saturated carbocycles. The average molecular weight is 128 g/mol. The Morgan fingerprint density at radius 2 is 2.33 bits per heavy atom. The Labute approximate surface area is 57.2 Å². The number of hydrogen-bond acceptors (Lipinski definition) is 2. The Hall–Kier alpha value is -0.0800. The zero-order valence-corrected chi connectivity index (χ0v) is 6.52. The Morgan fingerprint density at radius 3 is 2.67 bits per heavy atom. The van der Waals surface area contributed by atoms with Crippen LogP contribution in [-0.4, -0.2) is 37.6 Å². The molecule has 0 spiro atoms. The fourth-order valence-electron chi connectivity index (χ4n) is 1.41. The fourth-order valence-corrected chi connectivity index (χ4v) is 1.41. The predicted octanol–water partition coefficient (Wildman–Crippen LogP) is 0.298. The highest BCUT2D eigenvalue weighted by atomic mass is 15.2. The summed E-state index contributed by atoms with van der Waals surface area (Å²) in [5.41, 5.74) is 0. The molecule has 0 aromatic carbocycles. The van der Waals surface area contributed by atoms with E-state index in [0.29, 0.717) is 0 Å². The maximum atomic E-state index is 3.18. The molecule has 1 saturated heterocycles. The summed E-state index contributed by atoms with van der Waals surface area (Å²) in [5, 5.41) is 3.18. The molecule has 2 atom stereocenters. The number of hydrogen-bond donors (Lipinski definition) is 1. The van der Waals surface area contributed by atoms with Crippen LogP contribution in [-0.2, 0) is 0 Å². The molecule has 1 aliphatic rings. The monoisotopic (exact) mass is 128 g/mol. The molecule has 1 N–H and O–H groups in total. The highest BCUT2D eigenvalue weighted by Crippen LogP contribution is 2.21. The van der Waals surface area contributed by atoms with Crippen LogP contribution < -0.4 is 5.32 Å². The standard InChI is InChI=1S/C7H16N2/c1-6-4-7(5-8-2)9(6)3/h6-8H,4-5H2,1-3H3. The van der Waals surface area contributed by atoms with Crippen LogP contribution in [0.3, 0.4) is 0 Å². The van der Waals surface area contributed by atoms with Gasteiger partial charge in [0.05, 0.1) is 0 Å². The number of nitrogens with one attached hydrogen (secondary N) is 1. The first-order chi connectivity index (χ1) is 4.25. The van der Waals surface area contributed by atoms with Crippen molar-refractivity contribution >= 4 is 0 Å². The molecule has 2 unspecified atom stereocenters. The maximum Gasteiger partial charge on any atom is 0.0235 e. The van der Waals surface area contributed by atoms with E-state index in [1.165, 1.54) is 6.42 Å². The van der Waals surface area contributed by atoms with Crippen molar-refractivity contribution in [1.82, 2.24) is 10.2 Å². The Kier molecular flexibility index (Phi) is 2.09. The van der Waals surface area contributed by atoms with Crippen molar-refractivity contribution in [2.45, 2.75) is 25.4 Å². The molecule has 2 nitrogen and oxygen atoms in total. The van der Waals surface area contributed by atoms with Gasteiger partial charge < -0.3 is 5.32 Å². The summed E-state index contributed by atoms with van der Waals surface area (Å²) in [5.74, 6) is 0. The molecule has 1 rings (SSSR count). The van der Waals surface area contributed by atoms with Gasteiger partial charge in [-0.3, -0.25) is 4.90 Å². The lowest BCUT2D eigenvalue weighted by Gasteiger charge is -2.44. The van der Waals surface area contributed by atoms with Gasteiger partial charge in [-0.05, 0) is 27.4 Å². The lowest BCUT2D eigenvalue weighted by molar-refractivity contribution is 0.0578. The number of rotatable bonds is 2. The molecule has 0 aliphatic carbocycles. The first-order valence-corrected chi connectivity index (χ1v) is 3.62. The molecular weight excluding hydrogens is 112 g/mol. The van der Waals surface area contributed by atoms with E-state index in [1.807, 2.05) is 7.05 Å². The van der Waals surface area contributed by atoms with E-state index < -0.39 is 0 Å². The molecule has 0 radical (unpaired) electrons. The zero-order chi connectivity index (χ0) is 6.85. The van der Waals surface area contributed by atoms with E-state index >= 15 is 0 Å². The molecule has 2 heteroatoms. The van der Waals surface area contributed by atoms with Crippen molar-refractivity contribution < 1.29 is 0 Å². The summed E-state index contributed by atoms with van der Waals surface area (Å²) in [6.45, 7) is 3.41. The zero-order valence-electron chi connectivity index (χ0n) is 6.52. The third-order valence-electron chi connectivity index (χ3n) is 2.32. The molecule has 0 amide bonds. The van der Waals surface area contributed by atoms with Crippen molar-refractivity contribution in [3.63, 3.8) is 0 Å². The Balaban J connectivity index is 2.17. The number of nitrogens with zero attached hydrogens (tertiary/aromatic N) is 1. The molecule has 0 bridgehead atoms. The van der Waals surface area contributed by atoms with Crippen LogP contribution in [0.2, 0.25) is 0 Å². The molecule has 0 aromatic heterocycles. The van der Waals surface area contributed by atoms with Gasteiger partial charge in [-0.2, -0.15) is 0 Å². The SMILES string of the molecule is CNCC1CC(C)N1C. The van der Waals surface area contributed by atoms with Crippen molar-refractivity contribution in [1.29, 1.82) is 0 Å². The van der Waals surface area contributed by atoms with E-state index in [2.05, 4.69) is 24.2 Å². The summed E-state index contributed by atoms with van der Waals surface area (Å²) in [6, 6.07) is 1.60. The third-order valence-corrected chi connectivity index (χ3v) is 2.32. The molecule has 54 valence electrons. The topological polar surface area (TPSA) is 15.3 Å². The van der Waals surface area contributed by atoms with E-state index in [0.717, 1.165) is 18.6 Å². The first kappa shape index (κ1) is 7.03. The number of likely N-dealkylation sites (N-methyl/N-ethyl adjacent to an activating group) is 2. The summed E-state index contributed by atoms with van der Waals surface area (Å²) in [6.07, 6.45) is 1.36. The van der Waals surface area contributed by atoms with E-state index in [-0.39, 0.29) is 0 Å². The highest BCUT2D eigenvalue weighted by Gasteiger charge is 2.30. The second-order valence-electron chi connectivity index (χ2n) is 2.96. The molecular formula is C7H16N2. The fraction of sp³-hybridized carbons (Fsp3) is 1.00. The predicted molar refractivity (Wildman–Crippen MR) is 39.6 cm³/mol. The Bertz CT molecular complexity index is 90.9. The van der Waals surface area contributed by atoms with Crippen molar-refractivity contribution in [3.8, 4) is 0 Å². The van der Waals surface area contributed by atoms with Crippen LogP contribution in [0.1, 0.15) is 13.3 Å². The highest BCUT2D eigenvalue weighted by molar-refractivity contribution is 4.88. The first-order valence-electron chi connectivity index (χ1n) is 3.62. The molecule has 1 heterocycles. The van der Waals surface area contributed by atoms with Crippen LogP contribution in [0.25, 0.3) is 0 Å². The lowest BCUT2D eigenvalue weighted by atomic mass is 9.95. The van der Waals surface area contributed by atoms with Gasteiger partial charge >= 0.3 is 0 Å². The second-order valence-corrected chi connectivity index (χ2v) is 2.96. The number of likely N-dealkylation sites (tertiary alicyclic amines) is 1. The van der Waals surface area contributed by atoms with Gasteiger partial charge in [0, 0.05) is 18.6 Å². The van der Waals surface area contributed by atoms with E-state index in [9.17, 15) is 0 Å². The largest absolute Gasteiger partial charge is 0.318 e. The second kappa shape index (κ2) is 2.67. The minimum atomic E-state index is 0.796. The van der Waals surface area contributed by atoms with Crippen molar-refractivity contribution in [2.75, 3.05) is 20.6 Å². The summed E-state index contributed by atoms with van der Waals surface area (Å²) in [4.78, 5) is 2.41. The summed E-state index contributed by atoms with van der Waals surface area (Å²) < 4.78 is 0. The van der Waals surface area contributed by atoms with Gasteiger partial charge in [0.15, 0.2) is 0 Å². The van der Waals surface area contributed by atoms with Crippen LogP contribution in [0.15, 0.2) is 0 Å². The summed E-state index contributed by atoms with van der Waals surface area (Å²) >= 11 is 0. The molecule has 1 aliphatic heterocycles. The van der Waals surface area contributed by atoms with Crippen molar-refractivity contribution in [3.05, 3.63) is 0 Å². The maximum absolute atomic E-state index is 3.18. The van der Waals surface area contributed by atoms with Gasteiger partial charge in [-0.15, -0.1) is 0 Å². The lowest BCUT2D eigenvalue weighted by Crippen LogP contribution is -2.55. The summed E-state index contributed by atoms with van der Waals surface area (Å²) in [7, 11) is 4.20. The van der Waals surface area contributed by atoms with Gasteiger partial charge in [0.25, 0.3) is 0 Å². The third kappa shape index (κ3) is 1.25. The minimum absolute atomic E-state index is 0.796. The van der Waals surface area contributed by atoms with E-state index in [4.69, 9.17) is 0 Å². The van der Waals surface area contributed by atoms with Gasteiger partial charge in [0.2, 0.25) is 0 Å². The Morgan fingerprint density at radius 1 is 1.67 bits per heavy atom.